The first-order valence-corrected chi connectivity index (χ1v) is 11.7. The molecule has 0 saturated carbocycles. The lowest BCUT2D eigenvalue weighted by Crippen LogP contribution is -2.43. The van der Waals surface area contributed by atoms with Crippen LogP contribution in [0.3, 0.4) is 0 Å². The molecular formula is C23H23N5O2S. The lowest BCUT2D eigenvalue weighted by Gasteiger charge is -2.28. The molecule has 0 bridgehead atoms. The smallest absolute Gasteiger partial charge is 0.260 e. The quantitative estimate of drug-likeness (QED) is 0.513. The average Bonchev–Trinajstić information content (AvgIpc) is 3.23. The fourth-order valence-corrected chi connectivity index (χ4v) is 5.32. The third-order valence-corrected chi connectivity index (χ3v) is 7.48. The number of hydrogen-bond acceptors (Lipinski definition) is 5. The van der Waals surface area contributed by atoms with Crippen molar-refractivity contribution in [2.45, 2.75) is 23.9 Å². The molecule has 0 atom stereocenters. The maximum atomic E-state index is 13.1. The highest BCUT2D eigenvalue weighted by molar-refractivity contribution is 7.89. The predicted molar refractivity (Wildman–Crippen MR) is 121 cm³/mol. The summed E-state index contributed by atoms with van der Waals surface area (Å²) in [5, 5.41) is 0.996. The molecule has 1 saturated heterocycles. The third kappa shape index (κ3) is 3.85. The Hall–Kier alpha value is -3.07. The van der Waals surface area contributed by atoms with Crippen molar-refractivity contribution < 1.29 is 8.42 Å². The van der Waals surface area contributed by atoms with E-state index in [9.17, 15) is 8.42 Å². The Morgan fingerprint density at radius 2 is 1.74 bits per heavy atom. The number of benzene rings is 1. The van der Waals surface area contributed by atoms with E-state index in [2.05, 4.69) is 15.0 Å². The van der Waals surface area contributed by atoms with Crippen LogP contribution in [0.5, 0.6) is 0 Å². The van der Waals surface area contributed by atoms with E-state index in [1.165, 1.54) is 4.31 Å². The van der Waals surface area contributed by atoms with Gasteiger partial charge in [-0.1, -0.05) is 36.4 Å². The van der Waals surface area contributed by atoms with Crippen molar-refractivity contribution in [1.29, 1.82) is 0 Å². The van der Waals surface area contributed by atoms with E-state index in [4.69, 9.17) is 5.73 Å². The first kappa shape index (κ1) is 19.9. The first-order chi connectivity index (χ1) is 15.0. The third-order valence-electron chi connectivity index (χ3n) is 5.68. The molecule has 7 nitrogen and oxygen atoms in total. The molecule has 1 fully saturated rings. The summed E-state index contributed by atoms with van der Waals surface area (Å²) in [4.78, 5) is 12.3. The van der Waals surface area contributed by atoms with Gasteiger partial charge in [0, 0.05) is 42.0 Å². The van der Waals surface area contributed by atoms with Crippen LogP contribution < -0.4 is 5.73 Å². The van der Waals surface area contributed by atoms with Gasteiger partial charge in [-0.05, 0) is 42.7 Å². The van der Waals surface area contributed by atoms with Crippen LogP contribution in [-0.2, 0) is 10.0 Å². The highest BCUT2D eigenvalue weighted by Gasteiger charge is 2.29. The Kier molecular flexibility index (Phi) is 5.05. The maximum absolute atomic E-state index is 13.1. The average molecular weight is 434 g/mol. The molecule has 8 heteroatoms. The van der Waals surface area contributed by atoms with E-state index >= 15 is 0 Å². The van der Waals surface area contributed by atoms with Crippen LogP contribution in [0.25, 0.3) is 33.5 Å². The molecule has 3 aromatic heterocycles. The SMILES string of the molecule is NC1CCN(S(=O)(=O)c2cccc(-c3cnc4[nH]c(-c5ccccc5)cc4c3)n2)CC1. The van der Waals surface area contributed by atoms with Crippen LogP contribution in [0, 0.1) is 0 Å². The van der Waals surface area contributed by atoms with Gasteiger partial charge in [-0.3, -0.25) is 0 Å². The van der Waals surface area contributed by atoms with Gasteiger partial charge in [0.1, 0.15) is 5.65 Å². The summed E-state index contributed by atoms with van der Waals surface area (Å²) in [5.74, 6) is 0. The summed E-state index contributed by atoms with van der Waals surface area (Å²) in [6, 6.07) is 19.2. The minimum Gasteiger partial charge on any atom is -0.339 e. The Morgan fingerprint density at radius 3 is 2.52 bits per heavy atom. The van der Waals surface area contributed by atoms with Crippen molar-refractivity contribution in [2.24, 2.45) is 5.73 Å². The van der Waals surface area contributed by atoms with Gasteiger partial charge in [0.25, 0.3) is 10.0 Å². The van der Waals surface area contributed by atoms with E-state index in [1.54, 1.807) is 24.4 Å². The van der Waals surface area contributed by atoms with Crippen LogP contribution in [-0.4, -0.2) is 46.8 Å². The number of aromatic nitrogens is 3. The lowest BCUT2D eigenvalue weighted by atomic mass is 10.1. The largest absolute Gasteiger partial charge is 0.339 e. The molecule has 5 rings (SSSR count). The maximum Gasteiger partial charge on any atom is 0.260 e. The molecule has 4 heterocycles. The molecule has 158 valence electrons. The van der Waals surface area contributed by atoms with Gasteiger partial charge in [-0.2, -0.15) is 4.31 Å². The number of nitrogens with two attached hydrogens (primary N) is 1. The summed E-state index contributed by atoms with van der Waals surface area (Å²) < 4.78 is 27.6. The van der Waals surface area contributed by atoms with Crippen molar-refractivity contribution >= 4 is 21.1 Å². The van der Waals surface area contributed by atoms with Gasteiger partial charge < -0.3 is 10.7 Å². The molecule has 0 unspecified atom stereocenters. The number of pyridine rings is 2. The van der Waals surface area contributed by atoms with Gasteiger partial charge in [-0.25, -0.2) is 18.4 Å². The summed E-state index contributed by atoms with van der Waals surface area (Å²) >= 11 is 0. The molecule has 0 aliphatic carbocycles. The van der Waals surface area contributed by atoms with Crippen molar-refractivity contribution in [3.05, 3.63) is 66.9 Å². The van der Waals surface area contributed by atoms with Gasteiger partial charge in [-0.15, -0.1) is 0 Å². The number of nitrogens with zero attached hydrogens (tertiary/aromatic N) is 3. The first-order valence-electron chi connectivity index (χ1n) is 10.3. The minimum atomic E-state index is -3.65. The Labute approximate surface area is 181 Å². The van der Waals surface area contributed by atoms with E-state index in [0.29, 0.717) is 31.6 Å². The lowest BCUT2D eigenvalue weighted by molar-refractivity contribution is 0.319. The van der Waals surface area contributed by atoms with Gasteiger partial charge in [0.05, 0.1) is 5.69 Å². The second-order valence-corrected chi connectivity index (χ2v) is 9.70. The molecule has 0 radical (unpaired) electrons. The molecule has 1 aliphatic rings. The highest BCUT2D eigenvalue weighted by Crippen LogP contribution is 2.27. The number of rotatable bonds is 4. The summed E-state index contributed by atoms with van der Waals surface area (Å²) in [6.45, 7) is 0.850. The molecule has 1 aromatic carbocycles. The fourth-order valence-electron chi connectivity index (χ4n) is 3.90. The zero-order chi connectivity index (χ0) is 21.4. The molecular weight excluding hydrogens is 410 g/mol. The number of H-pyrrole nitrogens is 1. The Bertz CT molecular complexity index is 1330. The van der Waals surface area contributed by atoms with Crippen LogP contribution in [0.15, 0.2) is 71.9 Å². The van der Waals surface area contributed by atoms with Crippen LogP contribution in [0.1, 0.15) is 12.8 Å². The number of fused-ring (bicyclic) bond motifs is 1. The molecule has 3 N–H and O–H groups in total. The molecule has 0 amide bonds. The Morgan fingerprint density at radius 1 is 0.968 bits per heavy atom. The van der Waals surface area contributed by atoms with Crippen LogP contribution in [0.4, 0.5) is 0 Å². The van der Waals surface area contributed by atoms with Crippen molar-refractivity contribution in [3.63, 3.8) is 0 Å². The summed E-state index contributed by atoms with van der Waals surface area (Å²) in [7, 11) is -3.65. The second-order valence-electron chi connectivity index (χ2n) is 7.81. The number of nitrogens with one attached hydrogen (secondary N) is 1. The number of hydrogen-bond donors (Lipinski definition) is 2. The van der Waals surface area contributed by atoms with Gasteiger partial charge in [0.2, 0.25) is 0 Å². The zero-order valence-corrected chi connectivity index (χ0v) is 17.7. The minimum absolute atomic E-state index is 0.0552. The number of piperidine rings is 1. The zero-order valence-electron chi connectivity index (χ0n) is 16.9. The highest BCUT2D eigenvalue weighted by atomic mass is 32.2. The molecule has 31 heavy (non-hydrogen) atoms. The van der Waals surface area contributed by atoms with Crippen molar-refractivity contribution in [1.82, 2.24) is 19.3 Å². The normalized spacial score (nSPS) is 16.0. The van der Waals surface area contributed by atoms with Gasteiger partial charge >= 0.3 is 0 Å². The molecule has 4 aromatic rings. The van der Waals surface area contributed by atoms with Crippen LogP contribution in [0.2, 0.25) is 0 Å². The van der Waals surface area contributed by atoms with Crippen LogP contribution >= 0.6 is 0 Å². The number of aromatic amines is 1. The second kappa shape index (κ2) is 7.88. The van der Waals surface area contributed by atoms with Crippen molar-refractivity contribution in [2.75, 3.05) is 13.1 Å². The Balaban J connectivity index is 1.48. The predicted octanol–water partition coefficient (Wildman–Crippen LogP) is 3.40. The van der Waals surface area contributed by atoms with E-state index in [-0.39, 0.29) is 11.1 Å². The monoisotopic (exact) mass is 433 g/mol. The topological polar surface area (TPSA) is 105 Å². The standard InChI is InChI=1S/C23H23N5O2S/c24-19-9-11-28(12-10-19)31(29,30)22-8-4-7-20(26-22)18-13-17-14-21(27-23(17)25-15-18)16-5-2-1-3-6-16/h1-8,13-15,19H,9-12,24H2,(H,25,27). The molecule has 1 aliphatic heterocycles. The molecule has 0 spiro atoms. The van der Waals surface area contributed by atoms with Gasteiger partial charge in [0.15, 0.2) is 5.03 Å². The number of sulfonamides is 1. The van der Waals surface area contributed by atoms with Crippen molar-refractivity contribution in [3.8, 4) is 22.5 Å². The summed E-state index contributed by atoms with van der Waals surface area (Å²) in [5.41, 5.74) is 10.1. The summed E-state index contributed by atoms with van der Waals surface area (Å²) in [6.07, 6.45) is 3.04. The van der Waals surface area contributed by atoms with E-state index < -0.39 is 10.0 Å². The van der Waals surface area contributed by atoms with E-state index in [1.807, 2.05) is 42.5 Å². The van der Waals surface area contributed by atoms with E-state index in [0.717, 1.165) is 27.9 Å². The fraction of sp³-hybridized carbons (Fsp3) is 0.217.